The minimum Gasteiger partial charge on any atom is -0.464 e. The van der Waals surface area contributed by atoms with Crippen LogP contribution in [-0.2, 0) is 15.1 Å². The number of benzene rings is 1. The second-order valence-corrected chi connectivity index (χ2v) is 5.65. The zero-order valence-corrected chi connectivity index (χ0v) is 12.8. The van der Waals surface area contributed by atoms with Crippen molar-refractivity contribution in [1.29, 1.82) is 0 Å². The molecular weight excluding hydrogens is 296 g/mol. The Morgan fingerprint density at radius 3 is 2.70 bits per heavy atom. The fourth-order valence-corrected chi connectivity index (χ4v) is 2.63. The molecule has 0 saturated heterocycles. The standard InChI is InChI=1S/C14H15ClN2O2S/c1-3-19-13(18)14(2,12-16-8-9-20-12)17-11-6-4-10(15)5-7-11/h4-9,17H,3H2,1-2H3. The van der Waals surface area contributed by atoms with Gasteiger partial charge in [0.2, 0.25) is 0 Å². The van der Waals surface area contributed by atoms with E-state index < -0.39 is 5.54 Å². The van der Waals surface area contributed by atoms with Crippen LogP contribution in [0, 0.1) is 0 Å². The van der Waals surface area contributed by atoms with E-state index in [2.05, 4.69) is 10.3 Å². The maximum atomic E-state index is 12.3. The molecule has 6 heteroatoms. The highest BCUT2D eigenvalue weighted by Gasteiger charge is 2.39. The third-order valence-corrected chi connectivity index (χ3v) is 4.03. The summed E-state index contributed by atoms with van der Waals surface area (Å²) in [6.07, 6.45) is 1.67. The van der Waals surface area contributed by atoms with Crippen molar-refractivity contribution in [3.05, 3.63) is 45.9 Å². The molecule has 1 N–H and O–H groups in total. The number of ether oxygens (including phenoxy) is 1. The van der Waals surface area contributed by atoms with Gasteiger partial charge < -0.3 is 10.1 Å². The number of anilines is 1. The quantitative estimate of drug-likeness (QED) is 0.856. The van der Waals surface area contributed by atoms with E-state index >= 15 is 0 Å². The molecule has 0 bridgehead atoms. The van der Waals surface area contributed by atoms with E-state index in [9.17, 15) is 4.79 Å². The van der Waals surface area contributed by atoms with Gasteiger partial charge in [-0.2, -0.15) is 0 Å². The van der Waals surface area contributed by atoms with E-state index in [-0.39, 0.29) is 5.97 Å². The number of thiazole rings is 1. The van der Waals surface area contributed by atoms with Crippen LogP contribution in [0.2, 0.25) is 5.02 Å². The fraction of sp³-hybridized carbons (Fsp3) is 0.286. The van der Waals surface area contributed by atoms with Gasteiger partial charge in [0.05, 0.1) is 6.61 Å². The zero-order chi connectivity index (χ0) is 14.6. The summed E-state index contributed by atoms with van der Waals surface area (Å²) >= 11 is 7.27. The van der Waals surface area contributed by atoms with E-state index in [0.29, 0.717) is 16.6 Å². The minimum absolute atomic E-state index is 0.322. The number of esters is 1. The van der Waals surface area contributed by atoms with E-state index in [4.69, 9.17) is 16.3 Å². The summed E-state index contributed by atoms with van der Waals surface area (Å²) in [6, 6.07) is 7.15. The molecule has 0 saturated carbocycles. The number of rotatable bonds is 5. The Hall–Kier alpha value is -1.59. The van der Waals surface area contributed by atoms with Crippen molar-refractivity contribution in [2.75, 3.05) is 11.9 Å². The Bertz CT molecular complexity index is 571. The molecule has 20 heavy (non-hydrogen) atoms. The van der Waals surface area contributed by atoms with Crippen molar-refractivity contribution in [3.8, 4) is 0 Å². The van der Waals surface area contributed by atoms with Crippen molar-refractivity contribution in [2.45, 2.75) is 19.4 Å². The van der Waals surface area contributed by atoms with Gasteiger partial charge in [-0.15, -0.1) is 11.3 Å². The maximum absolute atomic E-state index is 12.3. The molecule has 2 aromatic rings. The normalized spacial score (nSPS) is 13.6. The van der Waals surface area contributed by atoms with Crippen molar-refractivity contribution in [2.24, 2.45) is 0 Å². The summed E-state index contributed by atoms with van der Waals surface area (Å²) in [5.41, 5.74) is -0.238. The summed E-state index contributed by atoms with van der Waals surface area (Å²) in [5.74, 6) is -0.357. The van der Waals surface area contributed by atoms with Gasteiger partial charge in [-0.05, 0) is 38.1 Å². The highest BCUT2D eigenvalue weighted by Crippen LogP contribution is 2.29. The van der Waals surface area contributed by atoms with Crippen LogP contribution in [-0.4, -0.2) is 17.6 Å². The predicted molar refractivity (Wildman–Crippen MR) is 81.2 cm³/mol. The van der Waals surface area contributed by atoms with Crippen LogP contribution in [0.5, 0.6) is 0 Å². The van der Waals surface area contributed by atoms with Crippen LogP contribution in [0.1, 0.15) is 18.9 Å². The van der Waals surface area contributed by atoms with Gasteiger partial charge in [-0.3, -0.25) is 0 Å². The van der Waals surface area contributed by atoms with Gasteiger partial charge in [-0.1, -0.05) is 11.6 Å². The summed E-state index contributed by atoms with van der Waals surface area (Å²) in [4.78, 5) is 16.5. The summed E-state index contributed by atoms with van der Waals surface area (Å²) in [7, 11) is 0. The third-order valence-electron chi connectivity index (χ3n) is 2.78. The molecule has 2 rings (SSSR count). The molecule has 0 amide bonds. The third kappa shape index (κ3) is 3.11. The second-order valence-electron chi connectivity index (χ2n) is 4.31. The first-order valence-corrected chi connectivity index (χ1v) is 7.43. The average Bonchev–Trinajstić information content (AvgIpc) is 2.96. The Morgan fingerprint density at radius 1 is 1.45 bits per heavy atom. The minimum atomic E-state index is -1.02. The van der Waals surface area contributed by atoms with Crippen molar-refractivity contribution >= 4 is 34.6 Å². The highest BCUT2D eigenvalue weighted by atomic mass is 35.5. The monoisotopic (exact) mass is 310 g/mol. The summed E-state index contributed by atoms with van der Waals surface area (Å²) in [5, 5.41) is 6.31. The zero-order valence-electron chi connectivity index (χ0n) is 11.2. The molecule has 0 fully saturated rings. The van der Waals surface area contributed by atoms with E-state index in [1.165, 1.54) is 11.3 Å². The molecule has 106 valence electrons. The Kier molecular flexibility index (Phi) is 4.62. The van der Waals surface area contributed by atoms with E-state index in [1.54, 1.807) is 32.2 Å². The Labute approximate surface area is 126 Å². The molecule has 0 aliphatic rings. The molecule has 1 aromatic carbocycles. The number of hydrogen-bond donors (Lipinski definition) is 1. The SMILES string of the molecule is CCOC(=O)C(C)(Nc1ccc(Cl)cc1)c1nccs1. The first-order valence-electron chi connectivity index (χ1n) is 6.17. The lowest BCUT2D eigenvalue weighted by molar-refractivity contribution is -0.148. The van der Waals surface area contributed by atoms with Gasteiger partial charge in [-0.25, -0.2) is 9.78 Å². The predicted octanol–water partition coefficient (Wildman–Crippen LogP) is 3.69. The van der Waals surface area contributed by atoms with Gasteiger partial charge in [0.15, 0.2) is 5.54 Å². The molecule has 0 aliphatic carbocycles. The number of aromatic nitrogens is 1. The van der Waals surface area contributed by atoms with Crippen LogP contribution in [0.25, 0.3) is 0 Å². The lowest BCUT2D eigenvalue weighted by Gasteiger charge is -2.27. The summed E-state index contributed by atoms with van der Waals surface area (Å²) < 4.78 is 5.17. The van der Waals surface area contributed by atoms with Gasteiger partial charge in [0.25, 0.3) is 0 Å². The molecule has 0 spiro atoms. The number of carbonyl (C=O) groups is 1. The van der Waals surface area contributed by atoms with Crippen LogP contribution in [0.4, 0.5) is 5.69 Å². The lowest BCUT2D eigenvalue weighted by atomic mass is 10.0. The van der Waals surface area contributed by atoms with Crippen molar-refractivity contribution < 1.29 is 9.53 Å². The average molecular weight is 311 g/mol. The number of nitrogens with zero attached hydrogens (tertiary/aromatic N) is 1. The van der Waals surface area contributed by atoms with Crippen LogP contribution >= 0.6 is 22.9 Å². The Balaban J connectivity index is 2.32. The van der Waals surface area contributed by atoms with Gasteiger partial charge in [0, 0.05) is 22.3 Å². The van der Waals surface area contributed by atoms with Crippen LogP contribution in [0.15, 0.2) is 35.8 Å². The van der Waals surface area contributed by atoms with Gasteiger partial charge in [0.1, 0.15) is 5.01 Å². The molecule has 1 heterocycles. The molecule has 0 aliphatic heterocycles. The fourth-order valence-electron chi connectivity index (χ4n) is 1.76. The summed E-state index contributed by atoms with van der Waals surface area (Å²) in [6.45, 7) is 3.86. The smallest absolute Gasteiger partial charge is 0.338 e. The Morgan fingerprint density at radius 2 is 2.15 bits per heavy atom. The van der Waals surface area contributed by atoms with Crippen LogP contribution < -0.4 is 5.32 Å². The maximum Gasteiger partial charge on any atom is 0.338 e. The first kappa shape index (κ1) is 14.8. The van der Waals surface area contributed by atoms with E-state index in [0.717, 1.165) is 5.69 Å². The topological polar surface area (TPSA) is 51.2 Å². The van der Waals surface area contributed by atoms with Crippen LogP contribution in [0.3, 0.4) is 0 Å². The van der Waals surface area contributed by atoms with Gasteiger partial charge >= 0.3 is 5.97 Å². The number of nitrogens with one attached hydrogen (secondary N) is 1. The van der Waals surface area contributed by atoms with Crippen molar-refractivity contribution in [3.63, 3.8) is 0 Å². The largest absolute Gasteiger partial charge is 0.464 e. The number of hydrogen-bond acceptors (Lipinski definition) is 5. The first-order chi connectivity index (χ1) is 9.56. The van der Waals surface area contributed by atoms with E-state index in [1.807, 2.05) is 17.5 Å². The van der Waals surface area contributed by atoms with Crippen molar-refractivity contribution in [1.82, 2.24) is 4.98 Å². The molecule has 1 aromatic heterocycles. The molecule has 1 unspecified atom stereocenters. The second kappa shape index (κ2) is 6.24. The highest BCUT2D eigenvalue weighted by molar-refractivity contribution is 7.09. The number of halogens is 1. The molecular formula is C14H15ClN2O2S. The number of carbonyl (C=O) groups excluding carboxylic acids is 1. The molecule has 1 atom stereocenters. The molecule has 0 radical (unpaired) electrons. The lowest BCUT2D eigenvalue weighted by Crippen LogP contribution is -2.41. The molecule has 4 nitrogen and oxygen atoms in total.